The summed E-state index contributed by atoms with van der Waals surface area (Å²) in [5, 5.41) is 9.39. The zero-order valence-electron chi connectivity index (χ0n) is 7.16. The number of cyclic esters (lactones) is 1. The molecule has 2 rings (SSSR count). The molecule has 0 spiro atoms. The lowest BCUT2D eigenvalue weighted by Gasteiger charge is -2.03. The Morgan fingerprint density at radius 3 is 2.79 bits per heavy atom. The van der Waals surface area contributed by atoms with E-state index < -0.39 is 11.8 Å². The van der Waals surface area contributed by atoms with Gasteiger partial charge in [0.25, 0.3) is 0 Å². The summed E-state index contributed by atoms with van der Waals surface area (Å²) in [6.07, 6.45) is 1.28. The molecule has 1 aliphatic heterocycles. The second-order valence-corrected chi connectivity index (χ2v) is 2.94. The Labute approximate surface area is 79.4 Å². The van der Waals surface area contributed by atoms with Crippen LogP contribution in [0, 0.1) is 5.82 Å². The van der Waals surface area contributed by atoms with Crippen molar-refractivity contribution in [2.24, 2.45) is 0 Å². The van der Waals surface area contributed by atoms with Crippen LogP contribution in [0.1, 0.15) is 5.56 Å². The standard InChI is InChI=1S/C10H7FO3/c11-7-1-2-8(9(12)4-7)6-3-10(13)14-5-6/h1-4,12H,5H2. The third-order valence-corrected chi connectivity index (χ3v) is 1.97. The number of aromatic hydroxyl groups is 1. The Bertz CT molecular complexity index is 423. The molecule has 1 N–H and O–H groups in total. The molecule has 0 atom stereocenters. The molecule has 4 heteroatoms. The first-order valence-corrected chi connectivity index (χ1v) is 4.03. The van der Waals surface area contributed by atoms with Gasteiger partial charge in [-0.05, 0) is 12.1 Å². The molecule has 0 aliphatic carbocycles. The number of halogens is 1. The number of carbonyl (C=O) groups is 1. The second-order valence-electron chi connectivity index (χ2n) is 2.94. The third kappa shape index (κ3) is 1.46. The van der Waals surface area contributed by atoms with Gasteiger partial charge in [0.2, 0.25) is 0 Å². The van der Waals surface area contributed by atoms with Crippen LogP contribution in [0.25, 0.3) is 5.57 Å². The molecule has 1 aromatic carbocycles. The Kier molecular flexibility index (Phi) is 1.96. The first kappa shape index (κ1) is 8.74. The van der Waals surface area contributed by atoms with Gasteiger partial charge < -0.3 is 9.84 Å². The van der Waals surface area contributed by atoms with E-state index in [-0.39, 0.29) is 12.4 Å². The van der Waals surface area contributed by atoms with Crippen LogP contribution in [0.5, 0.6) is 5.75 Å². The van der Waals surface area contributed by atoms with E-state index >= 15 is 0 Å². The molecule has 1 heterocycles. The maximum absolute atomic E-state index is 12.6. The molecule has 0 saturated carbocycles. The van der Waals surface area contributed by atoms with E-state index in [1.54, 1.807) is 0 Å². The number of benzene rings is 1. The van der Waals surface area contributed by atoms with Gasteiger partial charge in [-0.3, -0.25) is 0 Å². The van der Waals surface area contributed by atoms with Gasteiger partial charge >= 0.3 is 5.97 Å². The van der Waals surface area contributed by atoms with E-state index in [4.69, 9.17) is 0 Å². The van der Waals surface area contributed by atoms with Crippen molar-refractivity contribution in [3.8, 4) is 5.75 Å². The van der Waals surface area contributed by atoms with Crippen LogP contribution in [0.2, 0.25) is 0 Å². The highest BCUT2D eigenvalue weighted by Crippen LogP contribution is 2.28. The second kappa shape index (κ2) is 3.14. The Morgan fingerprint density at radius 2 is 2.21 bits per heavy atom. The van der Waals surface area contributed by atoms with Crippen LogP contribution in [0.3, 0.4) is 0 Å². The summed E-state index contributed by atoms with van der Waals surface area (Å²) in [4.78, 5) is 10.8. The van der Waals surface area contributed by atoms with Crippen molar-refractivity contribution in [2.45, 2.75) is 0 Å². The lowest BCUT2D eigenvalue weighted by molar-refractivity contribution is -0.134. The van der Waals surface area contributed by atoms with Gasteiger partial charge in [-0.2, -0.15) is 0 Å². The molecule has 3 nitrogen and oxygen atoms in total. The normalized spacial score (nSPS) is 15.2. The predicted octanol–water partition coefficient (Wildman–Crippen LogP) is 1.47. The average molecular weight is 194 g/mol. The van der Waals surface area contributed by atoms with Crippen LogP contribution in [-0.2, 0) is 9.53 Å². The van der Waals surface area contributed by atoms with Crippen molar-refractivity contribution >= 4 is 11.5 Å². The van der Waals surface area contributed by atoms with Gasteiger partial charge in [0, 0.05) is 23.3 Å². The van der Waals surface area contributed by atoms with Crippen LogP contribution in [0.4, 0.5) is 4.39 Å². The molecule has 1 aliphatic rings. The zero-order valence-corrected chi connectivity index (χ0v) is 7.16. The Balaban J connectivity index is 2.42. The lowest BCUT2D eigenvalue weighted by atomic mass is 10.1. The number of hydrogen-bond donors (Lipinski definition) is 1. The molecule has 0 aromatic heterocycles. The number of hydrogen-bond acceptors (Lipinski definition) is 3. The molecule has 0 fully saturated rings. The van der Waals surface area contributed by atoms with Crippen LogP contribution < -0.4 is 0 Å². The zero-order chi connectivity index (χ0) is 10.1. The van der Waals surface area contributed by atoms with Crippen molar-refractivity contribution in [2.75, 3.05) is 6.61 Å². The number of carbonyl (C=O) groups excluding carboxylic acids is 1. The molecule has 0 saturated heterocycles. The van der Waals surface area contributed by atoms with E-state index in [9.17, 15) is 14.3 Å². The Morgan fingerprint density at radius 1 is 1.43 bits per heavy atom. The molecule has 0 radical (unpaired) electrons. The van der Waals surface area contributed by atoms with Crippen molar-refractivity contribution in [1.82, 2.24) is 0 Å². The third-order valence-electron chi connectivity index (χ3n) is 1.97. The highest BCUT2D eigenvalue weighted by molar-refractivity contribution is 5.96. The minimum absolute atomic E-state index is 0.123. The first-order valence-electron chi connectivity index (χ1n) is 4.03. The summed E-state index contributed by atoms with van der Waals surface area (Å²) in [6, 6.07) is 3.64. The van der Waals surface area contributed by atoms with E-state index in [2.05, 4.69) is 4.74 Å². The molecule has 72 valence electrons. The monoisotopic (exact) mass is 194 g/mol. The van der Waals surface area contributed by atoms with Gasteiger partial charge in [0.15, 0.2) is 0 Å². The van der Waals surface area contributed by atoms with E-state index in [1.807, 2.05) is 0 Å². The molecule has 14 heavy (non-hydrogen) atoms. The summed E-state index contributed by atoms with van der Waals surface area (Å²) in [7, 11) is 0. The topological polar surface area (TPSA) is 46.5 Å². The van der Waals surface area contributed by atoms with Crippen molar-refractivity contribution in [3.63, 3.8) is 0 Å². The fraction of sp³-hybridized carbons (Fsp3) is 0.100. The van der Waals surface area contributed by atoms with Crippen molar-refractivity contribution < 1.29 is 19.0 Å². The molecule has 0 unspecified atom stereocenters. The number of phenols is 1. The minimum atomic E-state index is -0.517. The largest absolute Gasteiger partial charge is 0.507 e. The molecule has 0 amide bonds. The van der Waals surface area contributed by atoms with Gasteiger partial charge in [-0.25, -0.2) is 9.18 Å². The number of rotatable bonds is 1. The van der Waals surface area contributed by atoms with E-state index in [0.717, 1.165) is 6.07 Å². The predicted molar refractivity (Wildman–Crippen MR) is 47.0 cm³/mol. The van der Waals surface area contributed by atoms with Gasteiger partial charge in [0.05, 0.1) is 0 Å². The van der Waals surface area contributed by atoms with Gasteiger partial charge in [0.1, 0.15) is 18.2 Å². The smallest absolute Gasteiger partial charge is 0.331 e. The number of esters is 1. The average Bonchev–Trinajstić information content (AvgIpc) is 2.51. The lowest BCUT2D eigenvalue weighted by Crippen LogP contribution is -1.92. The maximum atomic E-state index is 12.6. The highest BCUT2D eigenvalue weighted by Gasteiger charge is 2.17. The number of ether oxygens (including phenoxy) is 1. The SMILES string of the molecule is O=C1C=C(c2ccc(F)cc2O)CO1. The van der Waals surface area contributed by atoms with E-state index in [0.29, 0.717) is 11.1 Å². The summed E-state index contributed by atoms with van der Waals surface area (Å²) >= 11 is 0. The summed E-state index contributed by atoms with van der Waals surface area (Å²) in [5.74, 6) is -1.14. The minimum Gasteiger partial charge on any atom is -0.507 e. The summed E-state index contributed by atoms with van der Waals surface area (Å²) in [6.45, 7) is 0.123. The van der Waals surface area contributed by atoms with Crippen molar-refractivity contribution in [3.05, 3.63) is 35.7 Å². The van der Waals surface area contributed by atoms with Crippen molar-refractivity contribution in [1.29, 1.82) is 0 Å². The molecular weight excluding hydrogens is 187 g/mol. The van der Waals surface area contributed by atoms with E-state index in [1.165, 1.54) is 18.2 Å². The van der Waals surface area contributed by atoms with Crippen LogP contribution in [0.15, 0.2) is 24.3 Å². The molecule has 0 bridgehead atoms. The first-order chi connectivity index (χ1) is 6.66. The van der Waals surface area contributed by atoms with Crippen LogP contribution >= 0.6 is 0 Å². The Hall–Kier alpha value is -1.84. The fourth-order valence-electron chi connectivity index (χ4n) is 1.31. The quantitative estimate of drug-likeness (QED) is 0.688. The maximum Gasteiger partial charge on any atom is 0.331 e. The highest BCUT2D eigenvalue weighted by atomic mass is 19.1. The van der Waals surface area contributed by atoms with Crippen LogP contribution in [-0.4, -0.2) is 17.7 Å². The molecule has 1 aromatic rings. The van der Waals surface area contributed by atoms with Gasteiger partial charge in [-0.15, -0.1) is 0 Å². The van der Waals surface area contributed by atoms with Gasteiger partial charge in [-0.1, -0.05) is 0 Å². The molecular formula is C10H7FO3. The summed E-state index contributed by atoms with van der Waals surface area (Å²) in [5.41, 5.74) is 0.991. The summed E-state index contributed by atoms with van der Waals surface area (Å²) < 4.78 is 17.3. The fourth-order valence-corrected chi connectivity index (χ4v) is 1.31. The number of phenolic OH excluding ortho intramolecular Hbond substituents is 1.